The summed E-state index contributed by atoms with van der Waals surface area (Å²) in [5.74, 6) is -0.855. The zero-order valence-electron chi connectivity index (χ0n) is 11.9. The Bertz CT molecular complexity index is 606. The highest BCUT2D eigenvalue weighted by Crippen LogP contribution is 2.38. The van der Waals surface area contributed by atoms with E-state index in [1.165, 1.54) is 10.5 Å². The second kappa shape index (κ2) is 7.70. The zero-order valence-corrected chi connectivity index (χ0v) is 12.7. The van der Waals surface area contributed by atoms with Gasteiger partial charge >= 0.3 is 5.97 Å². The SMILES string of the molecule is CC(=CCC(Sc1ccccc1)c1ccccc1)C(=O)O. The Kier molecular flexibility index (Phi) is 5.64. The molecule has 108 valence electrons. The number of carbonyl (C=O) groups is 1. The molecule has 0 fully saturated rings. The highest BCUT2D eigenvalue weighted by molar-refractivity contribution is 7.99. The molecule has 0 saturated heterocycles. The van der Waals surface area contributed by atoms with Gasteiger partial charge in [-0.25, -0.2) is 4.79 Å². The molecular weight excluding hydrogens is 280 g/mol. The smallest absolute Gasteiger partial charge is 0.330 e. The van der Waals surface area contributed by atoms with Crippen molar-refractivity contribution in [3.8, 4) is 0 Å². The number of carboxylic acid groups (broad SMARTS) is 1. The van der Waals surface area contributed by atoms with Crippen LogP contribution < -0.4 is 0 Å². The predicted molar refractivity (Wildman–Crippen MR) is 87.5 cm³/mol. The van der Waals surface area contributed by atoms with Crippen LogP contribution in [0.25, 0.3) is 0 Å². The molecule has 21 heavy (non-hydrogen) atoms. The van der Waals surface area contributed by atoms with E-state index in [0.29, 0.717) is 12.0 Å². The minimum Gasteiger partial charge on any atom is -0.478 e. The van der Waals surface area contributed by atoms with Crippen molar-refractivity contribution in [1.82, 2.24) is 0 Å². The van der Waals surface area contributed by atoms with Crippen LogP contribution in [0, 0.1) is 0 Å². The molecular formula is C18H18O2S. The number of aliphatic carboxylic acids is 1. The molecule has 0 radical (unpaired) electrons. The number of hydrogen-bond donors (Lipinski definition) is 1. The Morgan fingerprint density at radius 3 is 2.24 bits per heavy atom. The lowest BCUT2D eigenvalue weighted by Crippen LogP contribution is -1.98. The molecule has 0 aliphatic rings. The van der Waals surface area contributed by atoms with Gasteiger partial charge in [-0.2, -0.15) is 0 Å². The fraction of sp³-hybridized carbons (Fsp3) is 0.167. The minimum absolute atomic E-state index is 0.211. The average Bonchev–Trinajstić information content (AvgIpc) is 2.52. The molecule has 1 atom stereocenters. The normalized spacial score (nSPS) is 12.9. The van der Waals surface area contributed by atoms with E-state index in [2.05, 4.69) is 24.3 Å². The third-order valence-corrected chi connectivity index (χ3v) is 4.46. The predicted octanol–water partition coefficient (Wildman–Crippen LogP) is 4.94. The maximum absolute atomic E-state index is 10.9. The summed E-state index contributed by atoms with van der Waals surface area (Å²) in [6, 6.07) is 20.4. The lowest BCUT2D eigenvalue weighted by Gasteiger charge is -2.15. The molecule has 2 rings (SSSR count). The standard InChI is InChI=1S/C18H18O2S/c1-14(18(19)20)12-13-17(15-8-4-2-5-9-15)21-16-10-6-3-7-11-16/h2-12,17H,13H2,1H3,(H,19,20). The molecule has 0 aliphatic heterocycles. The van der Waals surface area contributed by atoms with E-state index in [4.69, 9.17) is 5.11 Å². The Morgan fingerprint density at radius 2 is 1.67 bits per heavy atom. The summed E-state index contributed by atoms with van der Waals surface area (Å²) in [5.41, 5.74) is 1.60. The Hall–Kier alpha value is -2.00. The topological polar surface area (TPSA) is 37.3 Å². The highest BCUT2D eigenvalue weighted by atomic mass is 32.2. The first-order valence-corrected chi connectivity index (χ1v) is 7.71. The van der Waals surface area contributed by atoms with Crippen molar-refractivity contribution in [2.24, 2.45) is 0 Å². The van der Waals surface area contributed by atoms with Crippen molar-refractivity contribution in [3.63, 3.8) is 0 Å². The molecule has 0 spiro atoms. The van der Waals surface area contributed by atoms with Gasteiger partial charge in [-0.05, 0) is 31.0 Å². The van der Waals surface area contributed by atoms with Crippen molar-refractivity contribution < 1.29 is 9.90 Å². The van der Waals surface area contributed by atoms with Gasteiger partial charge in [0.15, 0.2) is 0 Å². The van der Waals surface area contributed by atoms with Gasteiger partial charge in [0.05, 0.1) is 0 Å². The van der Waals surface area contributed by atoms with Crippen LogP contribution in [0.5, 0.6) is 0 Å². The molecule has 1 unspecified atom stereocenters. The van der Waals surface area contributed by atoms with E-state index in [1.807, 2.05) is 36.4 Å². The molecule has 2 aromatic carbocycles. The number of hydrogen-bond acceptors (Lipinski definition) is 2. The lowest BCUT2D eigenvalue weighted by atomic mass is 10.1. The summed E-state index contributed by atoms with van der Waals surface area (Å²) in [7, 11) is 0. The summed E-state index contributed by atoms with van der Waals surface area (Å²) in [5, 5.41) is 9.19. The van der Waals surface area contributed by atoms with Crippen LogP contribution >= 0.6 is 11.8 Å². The van der Waals surface area contributed by atoms with Crippen LogP contribution in [0.4, 0.5) is 0 Å². The number of allylic oxidation sites excluding steroid dienone is 1. The zero-order chi connectivity index (χ0) is 15.1. The van der Waals surface area contributed by atoms with Crippen LogP contribution in [0.1, 0.15) is 24.2 Å². The van der Waals surface area contributed by atoms with Crippen molar-refractivity contribution in [3.05, 3.63) is 77.9 Å². The molecule has 2 aromatic rings. The van der Waals surface area contributed by atoms with Crippen molar-refractivity contribution in [2.75, 3.05) is 0 Å². The van der Waals surface area contributed by atoms with E-state index in [0.717, 1.165) is 0 Å². The maximum Gasteiger partial charge on any atom is 0.330 e. The van der Waals surface area contributed by atoms with E-state index < -0.39 is 5.97 Å². The monoisotopic (exact) mass is 298 g/mol. The molecule has 0 bridgehead atoms. The quantitative estimate of drug-likeness (QED) is 0.606. The summed E-state index contributed by atoms with van der Waals surface area (Å²) < 4.78 is 0. The highest BCUT2D eigenvalue weighted by Gasteiger charge is 2.12. The third kappa shape index (κ3) is 4.80. The number of benzene rings is 2. The Labute approximate surface area is 129 Å². The molecule has 2 nitrogen and oxygen atoms in total. The summed E-state index contributed by atoms with van der Waals surface area (Å²) in [6.45, 7) is 1.64. The van der Waals surface area contributed by atoms with Gasteiger partial charge in [0, 0.05) is 15.7 Å². The molecule has 0 heterocycles. The van der Waals surface area contributed by atoms with E-state index >= 15 is 0 Å². The van der Waals surface area contributed by atoms with Gasteiger partial charge in [-0.15, -0.1) is 11.8 Å². The lowest BCUT2D eigenvalue weighted by molar-refractivity contribution is -0.132. The Morgan fingerprint density at radius 1 is 1.10 bits per heavy atom. The number of thioether (sulfide) groups is 1. The fourth-order valence-corrected chi connectivity index (χ4v) is 3.08. The van der Waals surface area contributed by atoms with Gasteiger partial charge in [0.1, 0.15) is 0 Å². The second-order valence-corrected chi connectivity index (χ2v) is 6.03. The van der Waals surface area contributed by atoms with Crippen LogP contribution in [0.15, 0.2) is 77.2 Å². The first-order chi connectivity index (χ1) is 10.2. The maximum atomic E-state index is 10.9. The van der Waals surface area contributed by atoms with Crippen LogP contribution in [-0.4, -0.2) is 11.1 Å². The molecule has 0 aromatic heterocycles. The average molecular weight is 298 g/mol. The van der Waals surface area contributed by atoms with Crippen molar-refractivity contribution in [2.45, 2.75) is 23.5 Å². The number of carboxylic acids is 1. The minimum atomic E-state index is -0.855. The fourth-order valence-electron chi connectivity index (χ4n) is 1.95. The van der Waals surface area contributed by atoms with E-state index in [9.17, 15) is 4.79 Å². The summed E-state index contributed by atoms with van der Waals surface area (Å²) in [6.07, 6.45) is 2.50. The van der Waals surface area contributed by atoms with E-state index in [1.54, 1.807) is 24.8 Å². The molecule has 3 heteroatoms. The van der Waals surface area contributed by atoms with Crippen molar-refractivity contribution in [1.29, 1.82) is 0 Å². The van der Waals surface area contributed by atoms with Gasteiger partial charge in [0.25, 0.3) is 0 Å². The summed E-state index contributed by atoms with van der Waals surface area (Å²) in [4.78, 5) is 12.1. The Balaban J connectivity index is 2.19. The first-order valence-electron chi connectivity index (χ1n) is 6.83. The van der Waals surface area contributed by atoms with Gasteiger partial charge < -0.3 is 5.11 Å². The molecule has 1 N–H and O–H groups in total. The van der Waals surface area contributed by atoms with Gasteiger partial charge in [-0.1, -0.05) is 54.6 Å². The molecule has 0 amide bonds. The molecule has 0 aliphatic carbocycles. The second-order valence-electron chi connectivity index (χ2n) is 4.76. The van der Waals surface area contributed by atoms with Crippen LogP contribution in [0.3, 0.4) is 0 Å². The largest absolute Gasteiger partial charge is 0.478 e. The van der Waals surface area contributed by atoms with Crippen LogP contribution in [0.2, 0.25) is 0 Å². The van der Waals surface area contributed by atoms with Gasteiger partial charge in [-0.3, -0.25) is 0 Å². The number of rotatable bonds is 6. The molecule has 0 saturated carbocycles. The van der Waals surface area contributed by atoms with Crippen molar-refractivity contribution >= 4 is 17.7 Å². The van der Waals surface area contributed by atoms with Crippen LogP contribution in [-0.2, 0) is 4.79 Å². The summed E-state index contributed by atoms with van der Waals surface area (Å²) >= 11 is 1.76. The third-order valence-electron chi connectivity index (χ3n) is 3.17. The van der Waals surface area contributed by atoms with Gasteiger partial charge in [0.2, 0.25) is 0 Å². The first kappa shape index (κ1) is 15.4. The van der Waals surface area contributed by atoms with E-state index in [-0.39, 0.29) is 5.25 Å².